The van der Waals surface area contributed by atoms with Crippen molar-refractivity contribution in [3.8, 4) is 0 Å². The first kappa shape index (κ1) is 15.2. The molecular weight excluding hydrogens is 250 g/mol. The summed E-state index contributed by atoms with van der Waals surface area (Å²) in [5.74, 6) is -0.403. The quantitative estimate of drug-likeness (QED) is 0.591. The first-order valence-electron chi connectivity index (χ1n) is 5.94. The lowest BCUT2D eigenvalue weighted by atomic mass is 9.97. The zero-order valence-corrected chi connectivity index (χ0v) is 11.4. The van der Waals surface area contributed by atoms with E-state index in [1.807, 2.05) is 6.08 Å². The standard InChI is InChI=1S/C12H19N3O4/c1-9-14-19-11(17)15(9)8-6-4-5-7-12(2,13)10(16)18-3/h4,6H,5,7-8,13H2,1-3H3/t12-/m0/s1. The zero-order chi connectivity index (χ0) is 14.5. The number of methoxy groups -OCH3 is 1. The molecule has 1 aromatic rings. The van der Waals surface area contributed by atoms with Crippen molar-refractivity contribution in [3.63, 3.8) is 0 Å². The van der Waals surface area contributed by atoms with Crippen molar-refractivity contribution in [2.24, 2.45) is 5.73 Å². The average Bonchev–Trinajstić information content (AvgIpc) is 2.68. The van der Waals surface area contributed by atoms with Gasteiger partial charge in [-0.3, -0.25) is 13.9 Å². The van der Waals surface area contributed by atoms with Crippen LogP contribution in [0.3, 0.4) is 0 Å². The number of esters is 1. The molecule has 0 radical (unpaired) electrons. The van der Waals surface area contributed by atoms with Gasteiger partial charge in [0.25, 0.3) is 0 Å². The van der Waals surface area contributed by atoms with E-state index >= 15 is 0 Å². The van der Waals surface area contributed by atoms with Crippen molar-refractivity contribution in [1.29, 1.82) is 0 Å². The third-order valence-corrected chi connectivity index (χ3v) is 2.80. The molecule has 0 spiro atoms. The molecule has 1 heterocycles. The van der Waals surface area contributed by atoms with Crippen molar-refractivity contribution in [1.82, 2.24) is 9.72 Å². The van der Waals surface area contributed by atoms with Crippen LogP contribution in [0.1, 0.15) is 25.6 Å². The van der Waals surface area contributed by atoms with E-state index in [1.165, 1.54) is 11.7 Å². The summed E-state index contributed by atoms with van der Waals surface area (Å²) >= 11 is 0. The van der Waals surface area contributed by atoms with Crippen molar-refractivity contribution >= 4 is 5.97 Å². The van der Waals surface area contributed by atoms with Crippen LogP contribution in [0, 0.1) is 6.92 Å². The molecule has 1 rings (SSSR count). The van der Waals surface area contributed by atoms with Gasteiger partial charge >= 0.3 is 11.7 Å². The minimum Gasteiger partial charge on any atom is -0.468 e. The predicted octanol–water partition coefficient (Wildman–Crippen LogP) is 0.372. The van der Waals surface area contributed by atoms with Gasteiger partial charge in [0.05, 0.1) is 7.11 Å². The molecule has 7 heteroatoms. The molecule has 0 unspecified atom stereocenters. The van der Waals surface area contributed by atoms with Crippen LogP contribution in [0.25, 0.3) is 0 Å². The molecule has 0 aliphatic rings. The molecule has 2 N–H and O–H groups in total. The number of nitrogens with zero attached hydrogens (tertiary/aromatic N) is 2. The lowest BCUT2D eigenvalue weighted by Gasteiger charge is -2.20. The van der Waals surface area contributed by atoms with Gasteiger partial charge in [0, 0.05) is 6.54 Å². The second-order valence-electron chi connectivity index (χ2n) is 4.53. The van der Waals surface area contributed by atoms with E-state index in [1.54, 1.807) is 19.9 Å². The van der Waals surface area contributed by atoms with Crippen LogP contribution in [0.15, 0.2) is 21.5 Å². The highest BCUT2D eigenvalue weighted by molar-refractivity contribution is 5.79. The van der Waals surface area contributed by atoms with Crippen molar-refractivity contribution in [2.45, 2.75) is 38.8 Å². The Morgan fingerprint density at radius 2 is 2.26 bits per heavy atom. The summed E-state index contributed by atoms with van der Waals surface area (Å²) in [6.07, 6.45) is 4.74. The Hall–Kier alpha value is -1.89. The molecular formula is C12H19N3O4. The maximum absolute atomic E-state index is 11.3. The number of allylic oxidation sites excluding steroid dienone is 2. The zero-order valence-electron chi connectivity index (χ0n) is 11.4. The second-order valence-corrected chi connectivity index (χ2v) is 4.53. The van der Waals surface area contributed by atoms with Crippen LogP contribution < -0.4 is 11.5 Å². The number of nitrogens with two attached hydrogens (primary N) is 1. The van der Waals surface area contributed by atoms with E-state index in [4.69, 9.17) is 5.73 Å². The van der Waals surface area contributed by atoms with E-state index in [0.29, 0.717) is 25.2 Å². The smallest absolute Gasteiger partial charge is 0.441 e. The Kier molecular flexibility index (Phi) is 5.05. The lowest BCUT2D eigenvalue weighted by Crippen LogP contribution is -2.45. The van der Waals surface area contributed by atoms with E-state index in [0.717, 1.165) is 0 Å². The summed E-state index contributed by atoms with van der Waals surface area (Å²) < 4.78 is 10.5. The number of hydrogen-bond acceptors (Lipinski definition) is 6. The fourth-order valence-electron chi connectivity index (χ4n) is 1.56. The molecule has 0 fully saturated rings. The summed E-state index contributed by atoms with van der Waals surface area (Å²) in [7, 11) is 1.31. The van der Waals surface area contributed by atoms with Gasteiger partial charge in [0.15, 0.2) is 5.82 Å². The van der Waals surface area contributed by atoms with Crippen LogP contribution in [-0.2, 0) is 16.1 Å². The van der Waals surface area contributed by atoms with Gasteiger partial charge in [-0.2, -0.15) is 0 Å². The number of carbonyl (C=O) groups excluding carboxylic acids is 1. The van der Waals surface area contributed by atoms with Gasteiger partial charge in [0.1, 0.15) is 5.54 Å². The van der Waals surface area contributed by atoms with Gasteiger partial charge in [-0.1, -0.05) is 17.3 Å². The third kappa shape index (κ3) is 4.06. The molecule has 0 bridgehead atoms. The Bertz CT molecular complexity index is 513. The maximum atomic E-state index is 11.3. The van der Waals surface area contributed by atoms with Crippen LogP contribution >= 0.6 is 0 Å². The Balaban J connectivity index is 2.44. The topological polar surface area (TPSA) is 100 Å². The molecule has 19 heavy (non-hydrogen) atoms. The summed E-state index contributed by atoms with van der Waals surface area (Å²) in [5.41, 5.74) is 4.81. The SMILES string of the molecule is COC(=O)[C@@](C)(N)CCC=CCn1c(C)noc1=O. The summed E-state index contributed by atoms with van der Waals surface area (Å²) in [6.45, 7) is 3.70. The van der Waals surface area contributed by atoms with Crippen LogP contribution in [0.5, 0.6) is 0 Å². The minimum absolute atomic E-state index is 0.383. The molecule has 0 aromatic carbocycles. The normalized spacial score (nSPS) is 14.5. The van der Waals surface area contributed by atoms with Crippen molar-refractivity contribution < 1.29 is 14.1 Å². The van der Waals surface area contributed by atoms with Crippen LogP contribution in [-0.4, -0.2) is 28.3 Å². The summed E-state index contributed by atoms with van der Waals surface area (Å²) in [5, 5.41) is 3.55. The number of rotatable bonds is 6. The highest BCUT2D eigenvalue weighted by Crippen LogP contribution is 2.11. The van der Waals surface area contributed by atoms with Gasteiger partial charge in [-0.05, 0) is 26.7 Å². The highest BCUT2D eigenvalue weighted by Gasteiger charge is 2.28. The summed E-state index contributed by atoms with van der Waals surface area (Å²) in [6, 6.07) is 0. The first-order valence-corrected chi connectivity index (χ1v) is 5.94. The summed E-state index contributed by atoms with van der Waals surface area (Å²) in [4.78, 5) is 22.5. The number of aryl methyl sites for hydroxylation is 1. The van der Waals surface area contributed by atoms with Crippen molar-refractivity contribution in [2.75, 3.05) is 7.11 Å². The van der Waals surface area contributed by atoms with E-state index in [9.17, 15) is 9.59 Å². The fraction of sp³-hybridized carbons (Fsp3) is 0.583. The van der Waals surface area contributed by atoms with Gasteiger partial charge in [-0.25, -0.2) is 4.79 Å². The van der Waals surface area contributed by atoms with Gasteiger partial charge in [-0.15, -0.1) is 0 Å². The fourth-order valence-corrected chi connectivity index (χ4v) is 1.56. The average molecular weight is 269 g/mol. The van der Waals surface area contributed by atoms with Gasteiger partial charge in [0.2, 0.25) is 0 Å². The molecule has 106 valence electrons. The van der Waals surface area contributed by atoms with E-state index < -0.39 is 17.3 Å². The lowest BCUT2D eigenvalue weighted by molar-refractivity contribution is -0.146. The molecule has 0 aliphatic carbocycles. The molecule has 0 saturated carbocycles. The van der Waals surface area contributed by atoms with E-state index in [-0.39, 0.29) is 0 Å². The Morgan fingerprint density at radius 1 is 1.58 bits per heavy atom. The molecule has 0 aliphatic heterocycles. The number of aromatic nitrogens is 2. The Morgan fingerprint density at radius 3 is 2.79 bits per heavy atom. The number of ether oxygens (including phenoxy) is 1. The van der Waals surface area contributed by atoms with Crippen LogP contribution in [0.4, 0.5) is 0 Å². The molecule has 0 saturated heterocycles. The van der Waals surface area contributed by atoms with Gasteiger partial charge < -0.3 is 10.5 Å². The third-order valence-electron chi connectivity index (χ3n) is 2.80. The molecule has 0 amide bonds. The predicted molar refractivity (Wildman–Crippen MR) is 68.5 cm³/mol. The highest BCUT2D eigenvalue weighted by atomic mass is 16.5. The minimum atomic E-state index is -0.997. The molecule has 1 atom stereocenters. The molecule has 7 nitrogen and oxygen atoms in total. The largest absolute Gasteiger partial charge is 0.468 e. The monoisotopic (exact) mass is 269 g/mol. The maximum Gasteiger partial charge on any atom is 0.441 e. The van der Waals surface area contributed by atoms with Crippen LogP contribution in [0.2, 0.25) is 0 Å². The first-order chi connectivity index (χ1) is 8.88. The molecule has 1 aromatic heterocycles. The number of hydrogen-bond donors (Lipinski definition) is 1. The number of carbonyl (C=O) groups is 1. The van der Waals surface area contributed by atoms with E-state index in [2.05, 4.69) is 14.4 Å². The second kappa shape index (κ2) is 6.33. The van der Waals surface area contributed by atoms with Crippen molar-refractivity contribution in [3.05, 3.63) is 28.5 Å². The Labute approximate surface area is 111 Å².